The van der Waals surface area contributed by atoms with Gasteiger partial charge < -0.3 is 21.7 Å². The van der Waals surface area contributed by atoms with Crippen molar-refractivity contribution in [3.05, 3.63) is 23.8 Å². The first-order valence-corrected chi connectivity index (χ1v) is 6.17. The van der Waals surface area contributed by atoms with E-state index in [-0.39, 0.29) is 12.5 Å². The quantitative estimate of drug-likeness (QED) is 0.654. The van der Waals surface area contributed by atoms with Crippen LogP contribution in [-0.4, -0.2) is 31.4 Å². The van der Waals surface area contributed by atoms with Crippen molar-refractivity contribution in [1.29, 1.82) is 0 Å². The molecule has 0 unspecified atom stereocenters. The van der Waals surface area contributed by atoms with E-state index in [1.807, 2.05) is 0 Å². The molecule has 1 aromatic rings. The zero-order valence-electron chi connectivity index (χ0n) is 10.8. The van der Waals surface area contributed by atoms with Gasteiger partial charge >= 0.3 is 0 Å². The van der Waals surface area contributed by atoms with Gasteiger partial charge in [0, 0.05) is 18.7 Å². The molecular weight excluding hydrogens is 244 g/mol. The fraction of sp³-hybridized carbons (Fsp3) is 0.385. The smallest absolute Gasteiger partial charge is 0.248 e. The van der Waals surface area contributed by atoms with E-state index in [0.29, 0.717) is 23.0 Å². The molecule has 0 spiro atoms. The Morgan fingerprint density at radius 1 is 1.42 bits per heavy atom. The SMILES string of the molecule is CN(CC(=O)NC1CC1)c1ccc(C(N)=O)cc1N. The van der Waals surface area contributed by atoms with E-state index in [9.17, 15) is 9.59 Å². The lowest BCUT2D eigenvalue weighted by atomic mass is 10.1. The van der Waals surface area contributed by atoms with Gasteiger partial charge in [0.15, 0.2) is 0 Å². The highest BCUT2D eigenvalue weighted by molar-refractivity contribution is 5.95. The first-order chi connectivity index (χ1) is 8.97. The fourth-order valence-corrected chi connectivity index (χ4v) is 1.86. The number of likely N-dealkylation sites (N-methyl/N-ethyl adjacent to an activating group) is 1. The Bertz CT molecular complexity index is 511. The third-order valence-electron chi connectivity index (χ3n) is 3.05. The van der Waals surface area contributed by atoms with Crippen LogP contribution in [0.15, 0.2) is 18.2 Å². The Kier molecular flexibility index (Phi) is 3.59. The summed E-state index contributed by atoms with van der Waals surface area (Å²) in [4.78, 5) is 24.5. The minimum Gasteiger partial charge on any atom is -0.397 e. The van der Waals surface area contributed by atoms with Gasteiger partial charge in [-0.05, 0) is 31.0 Å². The lowest BCUT2D eigenvalue weighted by Gasteiger charge is -2.20. The number of amides is 2. The molecule has 0 aliphatic heterocycles. The highest BCUT2D eigenvalue weighted by Crippen LogP contribution is 2.23. The zero-order valence-corrected chi connectivity index (χ0v) is 10.8. The first kappa shape index (κ1) is 13.2. The Balaban J connectivity index is 2.03. The van der Waals surface area contributed by atoms with Gasteiger partial charge in [-0.25, -0.2) is 0 Å². The van der Waals surface area contributed by atoms with Crippen LogP contribution in [0.5, 0.6) is 0 Å². The standard InChI is InChI=1S/C13H18N4O2/c1-17(7-12(18)16-9-3-4-9)11-5-2-8(13(15)19)6-10(11)14/h2,5-6,9H,3-4,7,14H2,1H3,(H2,15,19)(H,16,18). The van der Waals surface area contributed by atoms with Crippen LogP contribution in [-0.2, 0) is 4.79 Å². The van der Waals surface area contributed by atoms with Crippen molar-refractivity contribution < 1.29 is 9.59 Å². The average molecular weight is 262 g/mol. The van der Waals surface area contributed by atoms with Crippen molar-refractivity contribution in [2.75, 3.05) is 24.2 Å². The molecule has 0 radical (unpaired) electrons. The monoisotopic (exact) mass is 262 g/mol. The minimum absolute atomic E-state index is 0.0247. The number of carbonyl (C=O) groups excluding carboxylic acids is 2. The molecule has 1 aliphatic rings. The molecule has 0 saturated heterocycles. The van der Waals surface area contributed by atoms with E-state index in [0.717, 1.165) is 12.8 Å². The number of primary amides is 1. The lowest BCUT2D eigenvalue weighted by molar-refractivity contribution is -0.119. The van der Waals surface area contributed by atoms with Gasteiger partial charge in [0.2, 0.25) is 11.8 Å². The molecule has 1 aliphatic carbocycles. The van der Waals surface area contributed by atoms with Gasteiger partial charge in [0.05, 0.1) is 17.9 Å². The van der Waals surface area contributed by atoms with E-state index in [2.05, 4.69) is 5.32 Å². The van der Waals surface area contributed by atoms with Gasteiger partial charge in [-0.15, -0.1) is 0 Å². The number of hydrogen-bond acceptors (Lipinski definition) is 4. The summed E-state index contributed by atoms with van der Waals surface area (Å²) in [5.41, 5.74) is 12.5. The van der Waals surface area contributed by atoms with Crippen LogP contribution in [0.25, 0.3) is 0 Å². The number of rotatable bonds is 5. The molecule has 1 aromatic carbocycles. The average Bonchev–Trinajstić information content (AvgIpc) is 3.12. The van der Waals surface area contributed by atoms with Gasteiger partial charge in [-0.1, -0.05) is 0 Å². The highest BCUT2D eigenvalue weighted by Gasteiger charge is 2.23. The van der Waals surface area contributed by atoms with Crippen LogP contribution in [0, 0.1) is 0 Å². The highest BCUT2D eigenvalue weighted by atomic mass is 16.2. The van der Waals surface area contributed by atoms with Crippen molar-refractivity contribution in [3.8, 4) is 0 Å². The van der Waals surface area contributed by atoms with E-state index >= 15 is 0 Å². The van der Waals surface area contributed by atoms with E-state index in [4.69, 9.17) is 11.5 Å². The third kappa shape index (κ3) is 3.37. The Morgan fingerprint density at radius 3 is 2.63 bits per heavy atom. The van der Waals surface area contributed by atoms with E-state index in [1.54, 1.807) is 24.1 Å². The minimum atomic E-state index is -0.521. The van der Waals surface area contributed by atoms with Gasteiger partial charge in [-0.3, -0.25) is 9.59 Å². The summed E-state index contributed by atoms with van der Waals surface area (Å²) in [6, 6.07) is 5.16. The maximum absolute atomic E-state index is 11.7. The summed E-state index contributed by atoms with van der Waals surface area (Å²) in [6.07, 6.45) is 2.12. The van der Waals surface area contributed by atoms with Gasteiger partial charge in [0.1, 0.15) is 0 Å². The normalized spacial score (nSPS) is 13.9. The number of carbonyl (C=O) groups is 2. The van der Waals surface area contributed by atoms with Gasteiger partial charge in [0.25, 0.3) is 0 Å². The molecule has 1 saturated carbocycles. The molecule has 0 heterocycles. The Hall–Kier alpha value is -2.24. The fourth-order valence-electron chi connectivity index (χ4n) is 1.86. The predicted molar refractivity (Wildman–Crippen MR) is 73.8 cm³/mol. The molecule has 6 nitrogen and oxygen atoms in total. The molecule has 0 atom stereocenters. The summed E-state index contributed by atoms with van der Waals surface area (Å²) >= 11 is 0. The number of nitrogens with zero attached hydrogens (tertiary/aromatic N) is 1. The van der Waals surface area contributed by atoms with Gasteiger partial charge in [-0.2, -0.15) is 0 Å². The van der Waals surface area contributed by atoms with Crippen LogP contribution in [0.2, 0.25) is 0 Å². The maximum Gasteiger partial charge on any atom is 0.248 e. The molecule has 0 aromatic heterocycles. The number of nitrogens with two attached hydrogens (primary N) is 2. The maximum atomic E-state index is 11.7. The predicted octanol–water partition coefficient (Wildman–Crippen LogP) is 0.0825. The Morgan fingerprint density at radius 2 is 2.11 bits per heavy atom. The first-order valence-electron chi connectivity index (χ1n) is 6.17. The molecule has 0 bridgehead atoms. The molecule has 19 heavy (non-hydrogen) atoms. The Labute approximate surface area is 111 Å². The second kappa shape index (κ2) is 5.17. The summed E-state index contributed by atoms with van der Waals surface area (Å²) in [7, 11) is 1.78. The van der Waals surface area contributed by atoms with E-state index in [1.165, 1.54) is 6.07 Å². The van der Waals surface area contributed by atoms with Crippen molar-refractivity contribution in [1.82, 2.24) is 5.32 Å². The molecule has 1 fully saturated rings. The molecule has 2 rings (SSSR count). The van der Waals surface area contributed by atoms with Crippen LogP contribution in [0.1, 0.15) is 23.2 Å². The van der Waals surface area contributed by atoms with Crippen LogP contribution >= 0.6 is 0 Å². The van der Waals surface area contributed by atoms with E-state index < -0.39 is 5.91 Å². The second-order valence-corrected chi connectivity index (χ2v) is 4.84. The zero-order chi connectivity index (χ0) is 14.0. The summed E-state index contributed by atoms with van der Waals surface area (Å²) in [6.45, 7) is 0.233. The van der Waals surface area contributed by atoms with Crippen LogP contribution < -0.4 is 21.7 Å². The summed E-state index contributed by atoms with van der Waals surface area (Å²) in [5.74, 6) is -0.546. The van der Waals surface area contributed by atoms with Crippen molar-refractivity contribution in [2.24, 2.45) is 5.73 Å². The number of nitrogen functional groups attached to an aromatic ring is 1. The third-order valence-corrected chi connectivity index (χ3v) is 3.05. The second-order valence-electron chi connectivity index (χ2n) is 4.84. The summed E-state index contributed by atoms with van der Waals surface area (Å²) < 4.78 is 0. The molecule has 2 amide bonds. The van der Waals surface area contributed by atoms with Crippen molar-refractivity contribution >= 4 is 23.2 Å². The van der Waals surface area contributed by atoms with Crippen molar-refractivity contribution in [3.63, 3.8) is 0 Å². The molecule has 102 valence electrons. The molecule has 6 heteroatoms. The topological polar surface area (TPSA) is 101 Å². The summed E-state index contributed by atoms with van der Waals surface area (Å²) in [5, 5.41) is 2.91. The number of nitrogens with one attached hydrogen (secondary N) is 1. The van der Waals surface area contributed by atoms with Crippen molar-refractivity contribution in [2.45, 2.75) is 18.9 Å². The number of anilines is 2. The molecular formula is C13H18N4O2. The lowest BCUT2D eigenvalue weighted by Crippen LogP contribution is -2.36. The number of benzene rings is 1. The van der Waals surface area contributed by atoms with Crippen LogP contribution in [0.3, 0.4) is 0 Å². The van der Waals surface area contributed by atoms with Crippen LogP contribution in [0.4, 0.5) is 11.4 Å². The number of hydrogen-bond donors (Lipinski definition) is 3. The largest absolute Gasteiger partial charge is 0.397 e. The molecule has 5 N–H and O–H groups in total.